The third-order valence-electron chi connectivity index (χ3n) is 6.98. The fourth-order valence-electron chi connectivity index (χ4n) is 5.41. The van der Waals surface area contributed by atoms with Crippen molar-refractivity contribution in [1.82, 2.24) is 5.32 Å². The number of ether oxygens (including phenoxy) is 1. The van der Waals surface area contributed by atoms with Crippen molar-refractivity contribution in [3.05, 3.63) is 84.9 Å². The number of carbonyl (C=O) groups excluding carboxylic acids is 2. The van der Waals surface area contributed by atoms with E-state index < -0.39 is 16.8 Å². The third-order valence-corrected chi connectivity index (χ3v) is 8.02. The van der Waals surface area contributed by atoms with E-state index >= 15 is 0 Å². The molecule has 176 valence electrons. The first-order valence-electron chi connectivity index (χ1n) is 11.6. The first-order chi connectivity index (χ1) is 16.4. The first-order valence-corrected chi connectivity index (χ1v) is 12.5. The second-order valence-corrected chi connectivity index (χ2v) is 10.2. The molecule has 5 rings (SSSR count). The Bertz CT molecular complexity index is 1210. The molecule has 0 saturated heterocycles. The number of thiophene rings is 1. The molecular weight excluding hydrogens is 452 g/mol. The molecule has 8 heteroatoms. The lowest BCUT2D eigenvalue weighted by Gasteiger charge is -2.36. The van der Waals surface area contributed by atoms with Crippen LogP contribution in [0.4, 0.5) is 5.69 Å². The zero-order chi connectivity index (χ0) is 23.8. The first kappa shape index (κ1) is 22.5. The third kappa shape index (κ3) is 4.18. The quantitative estimate of drug-likeness (QED) is 0.346. The number of nitro groups is 1. The van der Waals surface area contributed by atoms with Crippen LogP contribution in [0.1, 0.15) is 67.7 Å². The minimum absolute atomic E-state index is 0.0395. The van der Waals surface area contributed by atoms with Gasteiger partial charge in [0.1, 0.15) is 6.10 Å². The van der Waals surface area contributed by atoms with Gasteiger partial charge >= 0.3 is 5.97 Å². The molecule has 3 aliphatic rings. The van der Waals surface area contributed by atoms with Crippen LogP contribution in [0.5, 0.6) is 0 Å². The van der Waals surface area contributed by atoms with Crippen LogP contribution in [0.2, 0.25) is 0 Å². The van der Waals surface area contributed by atoms with E-state index in [1.54, 1.807) is 23.5 Å². The maximum absolute atomic E-state index is 13.6. The number of allylic oxidation sites excluding steroid dienone is 3. The van der Waals surface area contributed by atoms with Crippen LogP contribution >= 0.6 is 11.3 Å². The molecule has 0 amide bonds. The molecule has 0 spiro atoms. The predicted octanol–water partition coefficient (Wildman–Crippen LogP) is 5.50. The van der Waals surface area contributed by atoms with Crippen LogP contribution in [0.3, 0.4) is 0 Å². The van der Waals surface area contributed by atoms with Gasteiger partial charge in [-0.25, -0.2) is 4.79 Å². The van der Waals surface area contributed by atoms with Gasteiger partial charge in [-0.1, -0.05) is 18.2 Å². The summed E-state index contributed by atoms with van der Waals surface area (Å²) in [6, 6.07) is 10.3. The summed E-state index contributed by atoms with van der Waals surface area (Å²) in [6.45, 7) is 1.82. The minimum Gasteiger partial charge on any atom is -0.459 e. The summed E-state index contributed by atoms with van der Waals surface area (Å²) in [6.07, 6.45) is 4.59. The Morgan fingerprint density at radius 3 is 2.68 bits per heavy atom. The van der Waals surface area contributed by atoms with E-state index in [-0.39, 0.29) is 23.5 Å². The Labute approximate surface area is 201 Å². The number of dihydropyridines is 1. The highest BCUT2D eigenvalue weighted by Crippen LogP contribution is 2.47. The summed E-state index contributed by atoms with van der Waals surface area (Å²) in [5, 5.41) is 16.8. The highest BCUT2D eigenvalue weighted by atomic mass is 32.1. The zero-order valence-corrected chi connectivity index (χ0v) is 19.7. The standard InChI is InChI=1S/C26H26N2O5S/c1-15-23(26(30)33-19-8-2-3-9-19)24(16-6-4-7-18(12-16)28(31)32)25-20(27-15)13-17(14-21(25)29)22-10-5-11-34-22/h4-7,10-12,17,19,24,27H,2-3,8-9,13-14H2,1H3/t17-,24-/m0/s1. The summed E-state index contributed by atoms with van der Waals surface area (Å²) in [7, 11) is 0. The molecule has 1 aromatic carbocycles. The number of nitro benzene ring substituents is 1. The topological polar surface area (TPSA) is 98.5 Å². The van der Waals surface area contributed by atoms with E-state index in [0.717, 1.165) is 36.3 Å². The lowest BCUT2D eigenvalue weighted by atomic mass is 9.72. The number of non-ortho nitro benzene ring substituents is 1. The van der Waals surface area contributed by atoms with Gasteiger partial charge in [-0.3, -0.25) is 14.9 Å². The fraction of sp³-hybridized carbons (Fsp3) is 0.385. The van der Waals surface area contributed by atoms with Gasteiger partial charge in [0.05, 0.1) is 10.5 Å². The maximum atomic E-state index is 13.6. The molecule has 1 fully saturated rings. The average Bonchev–Trinajstić information content (AvgIpc) is 3.52. The normalized spacial score (nSPS) is 23.0. The van der Waals surface area contributed by atoms with Gasteiger partial charge in [0.2, 0.25) is 0 Å². The van der Waals surface area contributed by atoms with Gasteiger partial charge in [0, 0.05) is 52.2 Å². The SMILES string of the molecule is CC1=C(C(=O)OC2CCCC2)[C@H](c2cccc([N+](=O)[O-])c2)C2=C(C[C@H](c3cccs3)CC2=O)N1. The number of Topliss-reactive ketones (excluding diaryl/α,β-unsaturated/α-hetero) is 1. The van der Waals surface area contributed by atoms with E-state index in [0.29, 0.717) is 35.2 Å². The van der Waals surface area contributed by atoms with Crippen molar-refractivity contribution in [2.24, 2.45) is 0 Å². The molecule has 2 aromatic rings. The van der Waals surface area contributed by atoms with E-state index in [2.05, 4.69) is 5.32 Å². The monoisotopic (exact) mass is 478 g/mol. The van der Waals surface area contributed by atoms with Gasteiger partial charge in [0.25, 0.3) is 5.69 Å². The van der Waals surface area contributed by atoms with E-state index in [1.165, 1.54) is 12.1 Å². The van der Waals surface area contributed by atoms with Crippen molar-refractivity contribution in [1.29, 1.82) is 0 Å². The Balaban J connectivity index is 1.58. The molecule has 0 unspecified atom stereocenters. The van der Waals surface area contributed by atoms with Crippen LogP contribution in [-0.2, 0) is 14.3 Å². The number of rotatable bonds is 5. The van der Waals surface area contributed by atoms with Gasteiger partial charge in [0.15, 0.2) is 5.78 Å². The largest absolute Gasteiger partial charge is 0.459 e. The molecule has 1 aromatic heterocycles. The number of hydrogen-bond acceptors (Lipinski definition) is 7. The maximum Gasteiger partial charge on any atom is 0.337 e. The molecule has 0 radical (unpaired) electrons. The van der Waals surface area contributed by atoms with Crippen LogP contribution in [0.15, 0.2) is 64.3 Å². The molecule has 1 aliphatic heterocycles. The molecular formula is C26H26N2O5S. The highest BCUT2D eigenvalue weighted by Gasteiger charge is 2.42. The lowest BCUT2D eigenvalue weighted by Crippen LogP contribution is -2.36. The summed E-state index contributed by atoms with van der Waals surface area (Å²) in [4.78, 5) is 39.1. The molecule has 34 heavy (non-hydrogen) atoms. The number of carbonyl (C=O) groups is 2. The van der Waals surface area contributed by atoms with Gasteiger partial charge < -0.3 is 10.1 Å². The summed E-state index contributed by atoms with van der Waals surface area (Å²) in [5.41, 5.74) is 2.81. The number of nitrogens with zero attached hydrogens (tertiary/aromatic N) is 1. The van der Waals surface area contributed by atoms with E-state index in [1.807, 2.05) is 24.4 Å². The van der Waals surface area contributed by atoms with Gasteiger partial charge in [-0.2, -0.15) is 0 Å². The molecule has 0 bridgehead atoms. The number of hydrogen-bond donors (Lipinski definition) is 1. The molecule has 2 aliphatic carbocycles. The Kier molecular flexibility index (Phi) is 6.08. The van der Waals surface area contributed by atoms with E-state index in [4.69, 9.17) is 4.74 Å². The van der Waals surface area contributed by atoms with Crippen molar-refractivity contribution in [2.45, 2.75) is 63.4 Å². The Morgan fingerprint density at radius 1 is 1.18 bits per heavy atom. The van der Waals surface area contributed by atoms with Crippen molar-refractivity contribution in [2.75, 3.05) is 0 Å². The predicted molar refractivity (Wildman–Crippen MR) is 128 cm³/mol. The molecule has 1 N–H and O–H groups in total. The Hall–Kier alpha value is -3.26. The lowest BCUT2D eigenvalue weighted by molar-refractivity contribution is -0.384. The summed E-state index contributed by atoms with van der Waals surface area (Å²) in [5.74, 6) is -1.11. The average molecular weight is 479 g/mol. The molecule has 1 saturated carbocycles. The number of benzene rings is 1. The van der Waals surface area contributed by atoms with Crippen LogP contribution in [0.25, 0.3) is 0 Å². The number of nitrogens with one attached hydrogen (secondary N) is 1. The zero-order valence-electron chi connectivity index (χ0n) is 18.9. The van der Waals surface area contributed by atoms with Crippen molar-refractivity contribution in [3.8, 4) is 0 Å². The minimum atomic E-state index is -0.693. The second kappa shape index (κ2) is 9.18. The molecule has 7 nitrogen and oxygen atoms in total. The highest BCUT2D eigenvalue weighted by molar-refractivity contribution is 7.10. The summed E-state index contributed by atoms with van der Waals surface area (Å²) < 4.78 is 5.84. The van der Waals surface area contributed by atoms with Gasteiger partial charge in [-0.15, -0.1) is 11.3 Å². The number of esters is 1. The smallest absolute Gasteiger partial charge is 0.337 e. The second-order valence-electron chi connectivity index (χ2n) is 9.20. The van der Waals surface area contributed by atoms with Crippen LogP contribution in [-0.4, -0.2) is 22.8 Å². The van der Waals surface area contributed by atoms with Crippen molar-refractivity contribution in [3.63, 3.8) is 0 Å². The molecule has 2 atom stereocenters. The number of ketones is 1. The van der Waals surface area contributed by atoms with Crippen molar-refractivity contribution < 1.29 is 19.2 Å². The summed E-state index contributed by atoms with van der Waals surface area (Å²) >= 11 is 1.63. The van der Waals surface area contributed by atoms with Crippen molar-refractivity contribution >= 4 is 28.8 Å². The van der Waals surface area contributed by atoms with Crippen LogP contribution in [0, 0.1) is 10.1 Å². The van der Waals surface area contributed by atoms with Gasteiger partial charge in [-0.05, 0) is 56.0 Å². The van der Waals surface area contributed by atoms with E-state index in [9.17, 15) is 19.7 Å². The molecule has 2 heterocycles. The fourth-order valence-corrected chi connectivity index (χ4v) is 6.24. The Morgan fingerprint density at radius 2 is 1.97 bits per heavy atom. The van der Waals surface area contributed by atoms with Crippen LogP contribution < -0.4 is 5.32 Å².